The molecule has 0 spiro atoms. The Hall–Kier alpha value is -1.82. The Bertz CT molecular complexity index is 704. The van der Waals surface area contributed by atoms with Crippen molar-refractivity contribution in [3.8, 4) is 0 Å². The largest absolute Gasteiger partial charge is 0.322 e. The van der Waals surface area contributed by atoms with Gasteiger partial charge in [-0.25, -0.2) is 13.2 Å². The molecule has 0 fully saturated rings. The molecule has 0 aromatic heterocycles. The van der Waals surface area contributed by atoms with Crippen molar-refractivity contribution in [2.24, 2.45) is 0 Å². The van der Waals surface area contributed by atoms with Gasteiger partial charge in [0.2, 0.25) is 0 Å². The molecule has 1 N–H and O–H groups in total. The highest BCUT2D eigenvalue weighted by atomic mass is 79.9. The summed E-state index contributed by atoms with van der Waals surface area (Å²) in [5, 5.41) is 2.50. The van der Waals surface area contributed by atoms with E-state index in [0.29, 0.717) is 12.1 Å². The summed E-state index contributed by atoms with van der Waals surface area (Å²) in [6.07, 6.45) is 0.648. The molecule has 0 aliphatic rings. The molecular formula is C15H11BrF3NO. The van der Waals surface area contributed by atoms with E-state index in [4.69, 9.17) is 0 Å². The second-order valence-corrected chi connectivity index (χ2v) is 5.25. The lowest BCUT2D eigenvalue weighted by molar-refractivity contribution is 0.102. The molecule has 110 valence electrons. The van der Waals surface area contributed by atoms with Crippen LogP contribution in [0.2, 0.25) is 0 Å². The molecule has 0 heterocycles. The number of hydrogen-bond donors (Lipinski definition) is 1. The van der Waals surface area contributed by atoms with Crippen LogP contribution in [-0.2, 0) is 6.42 Å². The molecule has 0 bridgehead atoms. The number of carbonyl (C=O) groups excluding carboxylic acids is 1. The van der Waals surface area contributed by atoms with Gasteiger partial charge in [-0.3, -0.25) is 4.79 Å². The van der Waals surface area contributed by atoms with Crippen molar-refractivity contribution in [1.29, 1.82) is 0 Å². The number of carbonyl (C=O) groups is 1. The highest BCUT2D eigenvalue weighted by Gasteiger charge is 2.19. The van der Waals surface area contributed by atoms with Gasteiger partial charge in [-0.2, -0.15) is 0 Å². The Balaban J connectivity index is 2.33. The standard InChI is InChI=1S/C15H11BrF3NO/c1-2-8-7-9(16)3-6-12(8)20-15(21)10-4-5-11(17)14(19)13(10)18/h3-7H,2H2,1H3,(H,20,21). The van der Waals surface area contributed by atoms with Crippen molar-refractivity contribution in [3.63, 3.8) is 0 Å². The quantitative estimate of drug-likeness (QED) is 0.793. The van der Waals surface area contributed by atoms with Gasteiger partial charge in [0.05, 0.1) is 5.56 Å². The van der Waals surface area contributed by atoms with Gasteiger partial charge in [-0.15, -0.1) is 0 Å². The summed E-state index contributed by atoms with van der Waals surface area (Å²) in [5.41, 5.74) is 0.787. The minimum absolute atomic E-state index is 0.495. The number of halogens is 4. The topological polar surface area (TPSA) is 29.1 Å². The van der Waals surface area contributed by atoms with Crippen LogP contribution in [0.5, 0.6) is 0 Å². The van der Waals surface area contributed by atoms with Crippen molar-refractivity contribution < 1.29 is 18.0 Å². The van der Waals surface area contributed by atoms with E-state index in [1.54, 1.807) is 12.1 Å². The summed E-state index contributed by atoms with van der Waals surface area (Å²) < 4.78 is 40.4. The molecule has 0 aliphatic heterocycles. The smallest absolute Gasteiger partial charge is 0.258 e. The van der Waals surface area contributed by atoms with Crippen molar-refractivity contribution in [2.75, 3.05) is 5.32 Å². The molecule has 0 unspecified atom stereocenters. The number of amides is 1. The third kappa shape index (κ3) is 3.26. The van der Waals surface area contributed by atoms with E-state index in [-0.39, 0.29) is 0 Å². The van der Waals surface area contributed by atoms with Crippen LogP contribution in [0.15, 0.2) is 34.8 Å². The Labute approximate surface area is 128 Å². The second kappa shape index (κ2) is 6.30. The molecule has 0 aliphatic carbocycles. The molecule has 0 atom stereocenters. The molecular weight excluding hydrogens is 347 g/mol. The predicted molar refractivity (Wildman–Crippen MR) is 77.8 cm³/mol. The molecule has 0 saturated carbocycles. The summed E-state index contributed by atoms with van der Waals surface area (Å²) in [7, 11) is 0. The van der Waals surface area contributed by atoms with E-state index in [9.17, 15) is 18.0 Å². The van der Waals surface area contributed by atoms with Crippen LogP contribution >= 0.6 is 15.9 Å². The van der Waals surface area contributed by atoms with E-state index < -0.39 is 28.9 Å². The zero-order valence-corrected chi connectivity index (χ0v) is 12.6. The van der Waals surface area contributed by atoms with E-state index in [2.05, 4.69) is 21.2 Å². The summed E-state index contributed by atoms with van der Waals surface area (Å²) in [6, 6.07) is 6.81. The summed E-state index contributed by atoms with van der Waals surface area (Å²) >= 11 is 3.31. The van der Waals surface area contributed by atoms with Crippen molar-refractivity contribution in [2.45, 2.75) is 13.3 Å². The molecule has 2 nitrogen and oxygen atoms in total. The van der Waals surface area contributed by atoms with Gasteiger partial charge in [0.25, 0.3) is 5.91 Å². The van der Waals surface area contributed by atoms with E-state index >= 15 is 0 Å². The Morgan fingerprint density at radius 3 is 2.52 bits per heavy atom. The van der Waals surface area contributed by atoms with Crippen LogP contribution in [0.3, 0.4) is 0 Å². The van der Waals surface area contributed by atoms with E-state index in [1.807, 2.05) is 13.0 Å². The molecule has 6 heteroatoms. The van der Waals surface area contributed by atoms with Gasteiger partial charge in [-0.1, -0.05) is 22.9 Å². The molecule has 1 amide bonds. The number of benzene rings is 2. The van der Waals surface area contributed by atoms with Gasteiger partial charge >= 0.3 is 0 Å². The maximum absolute atomic E-state index is 13.6. The molecule has 0 radical (unpaired) electrons. The Morgan fingerprint density at radius 2 is 1.86 bits per heavy atom. The fraction of sp³-hybridized carbons (Fsp3) is 0.133. The maximum Gasteiger partial charge on any atom is 0.258 e. The minimum atomic E-state index is -1.66. The average molecular weight is 358 g/mol. The highest BCUT2D eigenvalue weighted by molar-refractivity contribution is 9.10. The molecule has 21 heavy (non-hydrogen) atoms. The lowest BCUT2D eigenvalue weighted by Gasteiger charge is -2.11. The lowest BCUT2D eigenvalue weighted by atomic mass is 10.1. The summed E-state index contributed by atoms with van der Waals surface area (Å²) in [4.78, 5) is 12.0. The first-order valence-corrected chi connectivity index (χ1v) is 6.96. The monoisotopic (exact) mass is 357 g/mol. The number of hydrogen-bond acceptors (Lipinski definition) is 1. The molecule has 0 saturated heterocycles. The van der Waals surface area contributed by atoms with Crippen LogP contribution in [0, 0.1) is 17.5 Å². The van der Waals surface area contributed by atoms with Crippen LogP contribution in [0.25, 0.3) is 0 Å². The fourth-order valence-corrected chi connectivity index (χ4v) is 2.28. The summed E-state index contributed by atoms with van der Waals surface area (Å²) in [5.74, 6) is -5.32. The van der Waals surface area contributed by atoms with Gasteiger partial charge in [-0.05, 0) is 42.3 Å². The predicted octanol–water partition coefficient (Wildman–Crippen LogP) is 4.68. The number of nitrogens with one attached hydrogen (secondary N) is 1. The molecule has 2 aromatic rings. The van der Waals surface area contributed by atoms with E-state index in [1.165, 1.54) is 0 Å². The first-order valence-electron chi connectivity index (χ1n) is 6.17. The van der Waals surface area contributed by atoms with Gasteiger partial charge in [0, 0.05) is 10.2 Å². The highest BCUT2D eigenvalue weighted by Crippen LogP contribution is 2.23. The van der Waals surface area contributed by atoms with Crippen LogP contribution in [0.1, 0.15) is 22.8 Å². The Morgan fingerprint density at radius 1 is 1.14 bits per heavy atom. The SMILES string of the molecule is CCc1cc(Br)ccc1NC(=O)c1ccc(F)c(F)c1F. The molecule has 2 aromatic carbocycles. The zero-order chi connectivity index (χ0) is 15.6. The van der Waals surface area contributed by atoms with Crippen LogP contribution in [0.4, 0.5) is 18.9 Å². The number of rotatable bonds is 3. The van der Waals surface area contributed by atoms with Crippen molar-refractivity contribution in [1.82, 2.24) is 0 Å². The normalized spacial score (nSPS) is 10.5. The average Bonchev–Trinajstić information content (AvgIpc) is 2.46. The first kappa shape index (κ1) is 15.6. The van der Waals surface area contributed by atoms with Gasteiger partial charge in [0.15, 0.2) is 17.5 Å². The summed E-state index contributed by atoms with van der Waals surface area (Å²) in [6.45, 7) is 1.90. The third-order valence-corrected chi connectivity index (χ3v) is 3.47. The van der Waals surface area contributed by atoms with E-state index in [0.717, 1.165) is 22.2 Å². The number of aryl methyl sites for hydroxylation is 1. The van der Waals surface area contributed by atoms with Gasteiger partial charge < -0.3 is 5.32 Å². The third-order valence-electron chi connectivity index (χ3n) is 2.98. The van der Waals surface area contributed by atoms with Crippen molar-refractivity contribution >= 4 is 27.5 Å². The maximum atomic E-state index is 13.6. The Kier molecular flexibility index (Phi) is 4.67. The minimum Gasteiger partial charge on any atom is -0.322 e. The second-order valence-electron chi connectivity index (χ2n) is 4.33. The first-order chi connectivity index (χ1) is 9.93. The lowest BCUT2D eigenvalue weighted by Crippen LogP contribution is -2.16. The van der Waals surface area contributed by atoms with Crippen LogP contribution < -0.4 is 5.32 Å². The number of anilines is 1. The fourth-order valence-electron chi connectivity index (χ4n) is 1.87. The van der Waals surface area contributed by atoms with Crippen LogP contribution in [-0.4, -0.2) is 5.91 Å². The van der Waals surface area contributed by atoms with Crippen molar-refractivity contribution in [3.05, 3.63) is 63.4 Å². The van der Waals surface area contributed by atoms with Gasteiger partial charge in [0.1, 0.15) is 0 Å². The molecule has 2 rings (SSSR count). The zero-order valence-electron chi connectivity index (χ0n) is 11.0.